The Balaban J connectivity index is 1.73. The van der Waals surface area contributed by atoms with Gasteiger partial charge in [-0.05, 0) is 24.3 Å². The van der Waals surface area contributed by atoms with Crippen LogP contribution in [-0.4, -0.2) is 46.8 Å². The molecule has 1 atom stereocenters. The molecule has 1 aromatic heterocycles. The van der Waals surface area contributed by atoms with Gasteiger partial charge in [0.25, 0.3) is 11.8 Å². The smallest absolute Gasteiger partial charge is 0.268 e. The van der Waals surface area contributed by atoms with Gasteiger partial charge in [0.1, 0.15) is 6.04 Å². The highest BCUT2D eigenvalue weighted by atomic mass is 19.3. The van der Waals surface area contributed by atoms with E-state index in [0.717, 1.165) is 4.90 Å². The third-order valence-corrected chi connectivity index (χ3v) is 4.15. The predicted molar refractivity (Wildman–Crippen MR) is 89.2 cm³/mol. The SMILES string of the molecule is N#CC1CC(F)(F)CN1C(=O)CNC(=O)c1ccnc2ccc(N)cc12. The minimum atomic E-state index is -3.10. The number of likely N-dealkylation sites (tertiary alicyclic amines) is 1. The van der Waals surface area contributed by atoms with Crippen LogP contribution in [0.2, 0.25) is 0 Å². The minimum Gasteiger partial charge on any atom is -0.399 e. The number of nitrogens with two attached hydrogens (primary N) is 1. The van der Waals surface area contributed by atoms with E-state index in [1.54, 1.807) is 24.3 Å². The normalized spacial score (nSPS) is 18.5. The molecule has 2 aromatic rings. The van der Waals surface area contributed by atoms with E-state index in [1.807, 2.05) is 0 Å². The van der Waals surface area contributed by atoms with Gasteiger partial charge < -0.3 is 16.0 Å². The summed E-state index contributed by atoms with van der Waals surface area (Å²) in [7, 11) is 0. The van der Waals surface area contributed by atoms with Crippen molar-refractivity contribution < 1.29 is 18.4 Å². The zero-order chi connectivity index (χ0) is 18.9. The summed E-state index contributed by atoms with van der Waals surface area (Å²) < 4.78 is 26.8. The first-order valence-corrected chi connectivity index (χ1v) is 7.80. The number of carbonyl (C=O) groups excluding carboxylic acids is 2. The molecule has 0 bridgehead atoms. The topological polar surface area (TPSA) is 112 Å². The van der Waals surface area contributed by atoms with E-state index in [1.165, 1.54) is 12.3 Å². The number of fused-ring (bicyclic) bond motifs is 1. The molecule has 3 rings (SSSR count). The second-order valence-corrected chi connectivity index (χ2v) is 6.04. The first-order chi connectivity index (χ1) is 12.3. The van der Waals surface area contributed by atoms with Crippen molar-refractivity contribution in [2.45, 2.75) is 18.4 Å². The number of halogens is 2. The van der Waals surface area contributed by atoms with Gasteiger partial charge in [0.2, 0.25) is 5.91 Å². The molecule has 7 nitrogen and oxygen atoms in total. The second kappa shape index (κ2) is 6.55. The average molecular weight is 359 g/mol. The summed E-state index contributed by atoms with van der Waals surface area (Å²) in [6.07, 6.45) is 0.749. The maximum atomic E-state index is 13.4. The maximum Gasteiger partial charge on any atom is 0.268 e. The lowest BCUT2D eigenvalue weighted by Gasteiger charge is -2.19. The Morgan fingerprint density at radius 1 is 1.42 bits per heavy atom. The van der Waals surface area contributed by atoms with Crippen LogP contribution in [0.15, 0.2) is 30.5 Å². The summed E-state index contributed by atoms with van der Waals surface area (Å²) in [6, 6.07) is 6.87. The lowest BCUT2D eigenvalue weighted by Crippen LogP contribution is -2.43. The molecule has 0 aliphatic carbocycles. The molecule has 2 amide bonds. The van der Waals surface area contributed by atoms with Crippen molar-refractivity contribution in [1.82, 2.24) is 15.2 Å². The van der Waals surface area contributed by atoms with Crippen LogP contribution in [-0.2, 0) is 4.79 Å². The number of nitrogens with one attached hydrogen (secondary N) is 1. The molecular formula is C17H15F2N5O2. The number of nitriles is 1. The molecule has 0 saturated carbocycles. The van der Waals surface area contributed by atoms with E-state index in [0.29, 0.717) is 16.6 Å². The second-order valence-electron chi connectivity index (χ2n) is 6.04. The standard InChI is InChI=1S/C17H15F2N5O2/c18-17(19)6-11(7-20)24(9-17)15(25)8-23-16(26)12-3-4-22-14-2-1-10(21)5-13(12)14/h1-5,11H,6,8-9,21H2,(H,23,26). The Bertz CT molecular complexity index is 925. The summed E-state index contributed by atoms with van der Waals surface area (Å²) in [5.41, 5.74) is 7.00. The maximum absolute atomic E-state index is 13.4. The number of amides is 2. The summed E-state index contributed by atoms with van der Waals surface area (Å²) >= 11 is 0. The predicted octanol–water partition coefficient (Wildman–Crippen LogP) is 1.31. The van der Waals surface area contributed by atoms with Crippen molar-refractivity contribution in [2.75, 3.05) is 18.8 Å². The van der Waals surface area contributed by atoms with Gasteiger partial charge in [0.05, 0.1) is 30.2 Å². The zero-order valence-electron chi connectivity index (χ0n) is 13.6. The molecule has 1 saturated heterocycles. The Morgan fingerprint density at radius 3 is 2.92 bits per heavy atom. The number of nitrogens with zero attached hydrogens (tertiary/aromatic N) is 3. The van der Waals surface area contributed by atoms with Crippen LogP contribution in [0.5, 0.6) is 0 Å². The van der Waals surface area contributed by atoms with E-state index in [4.69, 9.17) is 11.0 Å². The number of hydrogen-bond acceptors (Lipinski definition) is 5. The fourth-order valence-corrected chi connectivity index (χ4v) is 2.91. The molecule has 2 heterocycles. The van der Waals surface area contributed by atoms with Crippen molar-refractivity contribution in [1.29, 1.82) is 5.26 Å². The molecule has 0 radical (unpaired) electrons. The van der Waals surface area contributed by atoms with Crippen molar-refractivity contribution in [3.63, 3.8) is 0 Å². The molecule has 0 spiro atoms. The van der Waals surface area contributed by atoms with E-state index in [2.05, 4.69) is 10.3 Å². The molecule has 1 unspecified atom stereocenters. The van der Waals surface area contributed by atoms with Gasteiger partial charge in [0, 0.05) is 23.7 Å². The van der Waals surface area contributed by atoms with Crippen molar-refractivity contribution in [3.05, 3.63) is 36.0 Å². The molecule has 1 fully saturated rings. The monoisotopic (exact) mass is 359 g/mol. The van der Waals surface area contributed by atoms with Gasteiger partial charge >= 0.3 is 0 Å². The van der Waals surface area contributed by atoms with Crippen LogP contribution in [0.4, 0.5) is 14.5 Å². The Morgan fingerprint density at radius 2 is 2.19 bits per heavy atom. The van der Waals surface area contributed by atoms with Crippen LogP contribution in [0, 0.1) is 11.3 Å². The van der Waals surface area contributed by atoms with Crippen molar-refractivity contribution >= 4 is 28.4 Å². The minimum absolute atomic E-state index is 0.263. The highest BCUT2D eigenvalue weighted by Gasteiger charge is 2.47. The number of hydrogen-bond donors (Lipinski definition) is 2. The number of alkyl halides is 2. The Hall–Kier alpha value is -3.28. The Labute approximate surface area is 147 Å². The highest BCUT2D eigenvalue weighted by molar-refractivity contribution is 6.07. The molecular weight excluding hydrogens is 344 g/mol. The molecule has 1 aliphatic rings. The number of pyridine rings is 1. The Kier molecular flexibility index (Phi) is 4.42. The van der Waals surface area contributed by atoms with Crippen molar-refractivity contribution in [3.8, 4) is 6.07 Å². The number of aromatic nitrogens is 1. The number of anilines is 1. The molecule has 1 aromatic carbocycles. The number of rotatable bonds is 3. The molecule has 1 aliphatic heterocycles. The van der Waals surface area contributed by atoms with Gasteiger partial charge in [-0.2, -0.15) is 5.26 Å². The van der Waals surface area contributed by atoms with E-state index in [-0.39, 0.29) is 5.56 Å². The van der Waals surface area contributed by atoms with Crippen molar-refractivity contribution in [2.24, 2.45) is 0 Å². The van der Waals surface area contributed by atoms with Crippen LogP contribution < -0.4 is 11.1 Å². The molecule has 26 heavy (non-hydrogen) atoms. The summed E-state index contributed by atoms with van der Waals surface area (Å²) in [5.74, 6) is -4.39. The fraction of sp³-hybridized carbons (Fsp3) is 0.294. The van der Waals surface area contributed by atoms with E-state index in [9.17, 15) is 18.4 Å². The van der Waals surface area contributed by atoms with Crippen LogP contribution in [0.25, 0.3) is 10.9 Å². The van der Waals surface area contributed by atoms with Gasteiger partial charge in [-0.25, -0.2) is 8.78 Å². The van der Waals surface area contributed by atoms with Crippen LogP contribution >= 0.6 is 0 Å². The number of nitrogen functional groups attached to an aromatic ring is 1. The van der Waals surface area contributed by atoms with Crippen LogP contribution in [0.3, 0.4) is 0 Å². The first-order valence-electron chi connectivity index (χ1n) is 7.80. The lowest BCUT2D eigenvalue weighted by molar-refractivity contribution is -0.131. The molecule has 3 N–H and O–H groups in total. The van der Waals surface area contributed by atoms with Crippen LogP contribution in [0.1, 0.15) is 16.8 Å². The van der Waals surface area contributed by atoms with E-state index < -0.39 is 43.3 Å². The van der Waals surface area contributed by atoms with Gasteiger partial charge in [-0.15, -0.1) is 0 Å². The summed E-state index contributed by atoms with van der Waals surface area (Å²) in [5, 5.41) is 11.9. The van der Waals surface area contributed by atoms with Gasteiger partial charge in [-0.1, -0.05) is 0 Å². The number of benzene rings is 1. The van der Waals surface area contributed by atoms with Gasteiger partial charge in [0.15, 0.2) is 0 Å². The lowest BCUT2D eigenvalue weighted by atomic mass is 10.1. The molecule has 134 valence electrons. The first kappa shape index (κ1) is 17.5. The quantitative estimate of drug-likeness (QED) is 0.803. The summed E-state index contributed by atoms with van der Waals surface area (Å²) in [4.78, 5) is 29.5. The van der Waals surface area contributed by atoms with Gasteiger partial charge in [-0.3, -0.25) is 14.6 Å². The third-order valence-electron chi connectivity index (χ3n) is 4.15. The number of carbonyl (C=O) groups is 2. The summed E-state index contributed by atoms with van der Waals surface area (Å²) in [6.45, 7) is -1.31. The molecule has 9 heteroatoms. The fourth-order valence-electron chi connectivity index (χ4n) is 2.91. The van der Waals surface area contributed by atoms with E-state index >= 15 is 0 Å². The third kappa shape index (κ3) is 3.39. The largest absolute Gasteiger partial charge is 0.399 e. The zero-order valence-corrected chi connectivity index (χ0v) is 13.6. The average Bonchev–Trinajstić information content (AvgIpc) is 2.93. The highest BCUT2D eigenvalue weighted by Crippen LogP contribution is 2.31.